The third kappa shape index (κ3) is 4.98. The topological polar surface area (TPSA) is 71.1 Å². The SMILES string of the molecule is CS(=O)(=O)Nc1cc(NCc2cncc(Br)c2)ccc1F. The second-order valence-corrected chi connectivity index (χ2v) is 7.10. The normalized spacial score (nSPS) is 11.2. The minimum Gasteiger partial charge on any atom is -0.381 e. The summed E-state index contributed by atoms with van der Waals surface area (Å²) in [7, 11) is -3.52. The molecule has 5 nitrogen and oxygen atoms in total. The number of rotatable bonds is 5. The first-order valence-electron chi connectivity index (χ1n) is 5.94. The molecule has 1 aromatic carbocycles. The lowest BCUT2D eigenvalue weighted by molar-refractivity contribution is 0.604. The lowest BCUT2D eigenvalue weighted by Gasteiger charge is -2.10. The molecule has 2 aromatic rings. The van der Waals surface area contributed by atoms with Crippen molar-refractivity contribution >= 4 is 37.3 Å². The van der Waals surface area contributed by atoms with Crippen molar-refractivity contribution in [2.75, 3.05) is 16.3 Å². The van der Waals surface area contributed by atoms with E-state index in [-0.39, 0.29) is 5.69 Å². The Labute approximate surface area is 130 Å². The average Bonchev–Trinajstić information content (AvgIpc) is 2.38. The van der Waals surface area contributed by atoms with E-state index in [9.17, 15) is 12.8 Å². The van der Waals surface area contributed by atoms with Gasteiger partial charge in [0.2, 0.25) is 10.0 Å². The molecule has 21 heavy (non-hydrogen) atoms. The Morgan fingerprint density at radius 3 is 2.71 bits per heavy atom. The van der Waals surface area contributed by atoms with Gasteiger partial charge in [-0.15, -0.1) is 0 Å². The maximum atomic E-state index is 13.5. The molecule has 2 N–H and O–H groups in total. The van der Waals surface area contributed by atoms with Gasteiger partial charge in [0.25, 0.3) is 0 Å². The Morgan fingerprint density at radius 2 is 2.05 bits per heavy atom. The fourth-order valence-electron chi connectivity index (χ4n) is 1.67. The summed E-state index contributed by atoms with van der Waals surface area (Å²) in [6.45, 7) is 0.483. The largest absolute Gasteiger partial charge is 0.381 e. The zero-order chi connectivity index (χ0) is 15.5. The number of hydrogen-bond acceptors (Lipinski definition) is 4. The van der Waals surface area contributed by atoms with E-state index >= 15 is 0 Å². The van der Waals surface area contributed by atoms with Crippen LogP contribution >= 0.6 is 15.9 Å². The van der Waals surface area contributed by atoms with Crippen LogP contribution in [-0.4, -0.2) is 19.7 Å². The Balaban J connectivity index is 2.12. The zero-order valence-electron chi connectivity index (χ0n) is 11.1. The first-order valence-corrected chi connectivity index (χ1v) is 8.62. The van der Waals surface area contributed by atoms with E-state index in [4.69, 9.17) is 0 Å². The van der Waals surface area contributed by atoms with Gasteiger partial charge in [0.15, 0.2) is 0 Å². The highest BCUT2D eigenvalue weighted by atomic mass is 79.9. The first kappa shape index (κ1) is 15.7. The van der Waals surface area contributed by atoms with Crippen LogP contribution in [0.25, 0.3) is 0 Å². The van der Waals surface area contributed by atoms with Crippen LogP contribution in [0.3, 0.4) is 0 Å². The number of nitrogens with zero attached hydrogens (tertiary/aromatic N) is 1. The van der Waals surface area contributed by atoms with Gasteiger partial charge in [-0.1, -0.05) is 0 Å². The third-order valence-electron chi connectivity index (χ3n) is 2.52. The molecule has 8 heteroatoms. The summed E-state index contributed by atoms with van der Waals surface area (Å²) in [5.41, 5.74) is 1.45. The molecule has 0 unspecified atom stereocenters. The number of benzene rings is 1. The van der Waals surface area contributed by atoms with Gasteiger partial charge in [-0.2, -0.15) is 0 Å². The highest BCUT2D eigenvalue weighted by Gasteiger charge is 2.08. The summed E-state index contributed by atoms with van der Waals surface area (Å²) in [5.74, 6) is -0.630. The van der Waals surface area contributed by atoms with Gasteiger partial charge < -0.3 is 5.32 Å². The number of anilines is 2. The minimum absolute atomic E-state index is 0.0881. The van der Waals surface area contributed by atoms with Crippen molar-refractivity contribution in [1.29, 1.82) is 0 Å². The van der Waals surface area contributed by atoms with Crippen molar-refractivity contribution in [1.82, 2.24) is 4.98 Å². The number of nitrogens with one attached hydrogen (secondary N) is 2. The van der Waals surface area contributed by atoms with Gasteiger partial charge >= 0.3 is 0 Å². The molecule has 112 valence electrons. The van der Waals surface area contributed by atoms with Crippen molar-refractivity contribution < 1.29 is 12.8 Å². The van der Waals surface area contributed by atoms with Crippen LogP contribution < -0.4 is 10.0 Å². The molecule has 0 radical (unpaired) electrons. The minimum atomic E-state index is -3.52. The van der Waals surface area contributed by atoms with Crippen molar-refractivity contribution in [3.63, 3.8) is 0 Å². The van der Waals surface area contributed by atoms with Crippen LogP contribution in [0, 0.1) is 5.82 Å². The van der Waals surface area contributed by atoms with Gasteiger partial charge in [-0.3, -0.25) is 9.71 Å². The van der Waals surface area contributed by atoms with Crippen molar-refractivity contribution in [3.8, 4) is 0 Å². The van der Waals surface area contributed by atoms with E-state index in [0.717, 1.165) is 16.3 Å². The van der Waals surface area contributed by atoms with Crippen molar-refractivity contribution in [2.45, 2.75) is 6.54 Å². The van der Waals surface area contributed by atoms with Crippen LogP contribution in [0.5, 0.6) is 0 Å². The molecular weight excluding hydrogens is 361 g/mol. The molecule has 0 aliphatic rings. The molecule has 1 aromatic heterocycles. The van der Waals surface area contributed by atoms with E-state index in [1.54, 1.807) is 12.4 Å². The van der Waals surface area contributed by atoms with Crippen LogP contribution in [0.2, 0.25) is 0 Å². The highest BCUT2D eigenvalue weighted by Crippen LogP contribution is 2.21. The molecule has 0 spiro atoms. The predicted molar refractivity (Wildman–Crippen MR) is 84.1 cm³/mol. The number of halogens is 2. The molecule has 0 atom stereocenters. The van der Waals surface area contributed by atoms with Gasteiger partial charge in [-0.25, -0.2) is 12.8 Å². The first-order chi connectivity index (χ1) is 9.83. The third-order valence-corrected chi connectivity index (χ3v) is 3.54. The van der Waals surface area contributed by atoms with E-state index in [0.29, 0.717) is 12.2 Å². The van der Waals surface area contributed by atoms with Crippen molar-refractivity contribution in [3.05, 3.63) is 52.5 Å². The van der Waals surface area contributed by atoms with Gasteiger partial charge in [-0.05, 0) is 45.8 Å². The summed E-state index contributed by atoms with van der Waals surface area (Å²) >= 11 is 3.33. The number of aromatic nitrogens is 1. The molecular formula is C13H13BrFN3O2S. The zero-order valence-corrected chi connectivity index (χ0v) is 13.5. The van der Waals surface area contributed by atoms with Gasteiger partial charge in [0.1, 0.15) is 5.82 Å². The molecule has 1 heterocycles. The van der Waals surface area contributed by atoms with E-state index in [1.165, 1.54) is 18.2 Å². The predicted octanol–water partition coefficient (Wildman–Crippen LogP) is 2.97. The molecule has 0 aliphatic heterocycles. The summed E-state index contributed by atoms with van der Waals surface area (Å²) in [6, 6.07) is 6.05. The van der Waals surface area contributed by atoms with E-state index in [1.807, 2.05) is 6.07 Å². The fourth-order valence-corrected chi connectivity index (χ4v) is 2.64. The lowest BCUT2D eigenvalue weighted by Crippen LogP contribution is -2.11. The average molecular weight is 374 g/mol. The quantitative estimate of drug-likeness (QED) is 0.844. The maximum Gasteiger partial charge on any atom is 0.229 e. The van der Waals surface area contributed by atoms with Crippen molar-refractivity contribution in [2.24, 2.45) is 0 Å². The summed E-state index contributed by atoms with van der Waals surface area (Å²) in [6.07, 6.45) is 4.35. The lowest BCUT2D eigenvalue weighted by atomic mass is 10.2. The Bertz CT molecular complexity index is 753. The Hall–Kier alpha value is -1.67. The highest BCUT2D eigenvalue weighted by molar-refractivity contribution is 9.10. The smallest absolute Gasteiger partial charge is 0.229 e. The standard InChI is InChI=1S/C13H13BrFN3O2S/c1-21(19,20)18-13-5-11(2-3-12(13)15)17-7-9-4-10(14)8-16-6-9/h2-6,8,17-18H,7H2,1H3. The molecule has 0 bridgehead atoms. The van der Waals surface area contributed by atoms with Crippen LogP contribution in [0.4, 0.5) is 15.8 Å². The Morgan fingerprint density at radius 1 is 1.29 bits per heavy atom. The number of pyridine rings is 1. The second-order valence-electron chi connectivity index (χ2n) is 4.43. The van der Waals surface area contributed by atoms with Crippen LogP contribution in [0.15, 0.2) is 41.1 Å². The molecule has 0 aliphatic carbocycles. The van der Waals surface area contributed by atoms with E-state index < -0.39 is 15.8 Å². The Kier molecular flexibility index (Phi) is 4.79. The van der Waals surface area contributed by atoms with E-state index in [2.05, 4.69) is 31.0 Å². The van der Waals surface area contributed by atoms with Gasteiger partial charge in [0, 0.05) is 29.1 Å². The van der Waals surface area contributed by atoms with Crippen LogP contribution in [0.1, 0.15) is 5.56 Å². The summed E-state index contributed by atoms with van der Waals surface area (Å²) < 4.78 is 38.9. The number of hydrogen-bond donors (Lipinski definition) is 2. The van der Waals surface area contributed by atoms with Gasteiger partial charge in [0.05, 0.1) is 11.9 Å². The fraction of sp³-hybridized carbons (Fsp3) is 0.154. The molecule has 2 rings (SSSR count). The monoisotopic (exact) mass is 373 g/mol. The number of sulfonamides is 1. The summed E-state index contributed by atoms with van der Waals surface area (Å²) in [4.78, 5) is 4.04. The molecule has 0 saturated heterocycles. The second kappa shape index (κ2) is 6.40. The van der Waals surface area contributed by atoms with Crippen LogP contribution in [-0.2, 0) is 16.6 Å². The molecule has 0 fully saturated rings. The maximum absolute atomic E-state index is 13.5. The summed E-state index contributed by atoms with van der Waals surface area (Å²) in [5, 5.41) is 3.08. The molecule has 0 saturated carbocycles. The molecule has 0 amide bonds.